The highest BCUT2D eigenvalue weighted by atomic mass is 35.5. The molecule has 1 rings (SSSR count). The average molecular weight is 242 g/mol. The Morgan fingerprint density at radius 2 is 2.12 bits per heavy atom. The Balaban J connectivity index is 2.84. The SMILES string of the molecule is CCC(C)(CO)NC(=O)c1ccccc1Cl. The van der Waals surface area contributed by atoms with Crippen LogP contribution in [0, 0.1) is 0 Å². The molecular formula is C12H16ClNO2. The molecule has 0 bridgehead atoms. The molecule has 0 fully saturated rings. The van der Waals surface area contributed by atoms with Crippen LogP contribution < -0.4 is 5.32 Å². The summed E-state index contributed by atoms with van der Waals surface area (Å²) in [5.41, 5.74) is -0.173. The van der Waals surface area contributed by atoms with E-state index in [9.17, 15) is 9.90 Å². The lowest BCUT2D eigenvalue weighted by Gasteiger charge is -2.27. The van der Waals surface area contributed by atoms with Gasteiger partial charge in [0.15, 0.2) is 0 Å². The largest absolute Gasteiger partial charge is 0.394 e. The number of rotatable bonds is 4. The van der Waals surface area contributed by atoms with Crippen molar-refractivity contribution in [3.63, 3.8) is 0 Å². The van der Waals surface area contributed by atoms with Crippen molar-refractivity contribution < 1.29 is 9.90 Å². The first-order chi connectivity index (χ1) is 7.52. The maximum atomic E-state index is 11.9. The van der Waals surface area contributed by atoms with E-state index >= 15 is 0 Å². The van der Waals surface area contributed by atoms with Crippen LogP contribution in [-0.4, -0.2) is 23.2 Å². The van der Waals surface area contributed by atoms with E-state index in [0.717, 1.165) is 0 Å². The lowest BCUT2D eigenvalue weighted by atomic mass is 9.99. The van der Waals surface area contributed by atoms with E-state index in [1.165, 1.54) is 0 Å². The van der Waals surface area contributed by atoms with Gasteiger partial charge in [-0.3, -0.25) is 4.79 Å². The molecule has 1 aromatic carbocycles. The predicted molar refractivity (Wildman–Crippen MR) is 64.7 cm³/mol. The lowest BCUT2D eigenvalue weighted by molar-refractivity contribution is 0.0847. The van der Waals surface area contributed by atoms with E-state index in [1.807, 2.05) is 6.92 Å². The van der Waals surface area contributed by atoms with Crippen molar-refractivity contribution in [1.82, 2.24) is 5.32 Å². The van der Waals surface area contributed by atoms with E-state index < -0.39 is 5.54 Å². The van der Waals surface area contributed by atoms with Gasteiger partial charge in [-0.15, -0.1) is 0 Å². The molecule has 0 aliphatic rings. The maximum Gasteiger partial charge on any atom is 0.253 e. The second-order valence-corrected chi connectivity index (χ2v) is 4.41. The first-order valence-corrected chi connectivity index (χ1v) is 5.58. The summed E-state index contributed by atoms with van der Waals surface area (Å²) in [6, 6.07) is 6.84. The summed E-state index contributed by atoms with van der Waals surface area (Å²) in [4.78, 5) is 11.9. The fraction of sp³-hybridized carbons (Fsp3) is 0.417. The molecule has 0 aliphatic heterocycles. The van der Waals surface area contributed by atoms with Crippen LogP contribution in [0.25, 0.3) is 0 Å². The Bertz CT molecular complexity index is 375. The van der Waals surface area contributed by atoms with Crippen molar-refractivity contribution in [1.29, 1.82) is 0 Å². The van der Waals surface area contributed by atoms with Gasteiger partial charge in [-0.1, -0.05) is 30.7 Å². The molecule has 0 radical (unpaired) electrons. The number of amides is 1. The minimum absolute atomic E-state index is 0.0975. The van der Waals surface area contributed by atoms with Crippen molar-refractivity contribution in [2.45, 2.75) is 25.8 Å². The van der Waals surface area contributed by atoms with Crippen molar-refractivity contribution >= 4 is 17.5 Å². The maximum absolute atomic E-state index is 11.9. The molecule has 0 spiro atoms. The third-order valence-electron chi connectivity index (χ3n) is 2.66. The predicted octanol–water partition coefficient (Wildman–Crippen LogP) is 2.23. The van der Waals surface area contributed by atoms with Crippen molar-refractivity contribution in [3.8, 4) is 0 Å². The van der Waals surface area contributed by atoms with Crippen LogP contribution in [0.15, 0.2) is 24.3 Å². The molecule has 1 unspecified atom stereocenters. The summed E-state index contributed by atoms with van der Waals surface area (Å²) in [5, 5.41) is 12.4. The van der Waals surface area contributed by atoms with Gasteiger partial charge in [0, 0.05) is 0 Å². The van der Waals surface area contributed by atoms with Gasteiger partial charge in [0.1, 0.15) is 0 Å². The Labute approximate surface area is 100 Å². The van der Waals surface area contributed by atoms with Gasteiger partial charge >= 0.3 is 0 Å². The number of carbonyl (C=O) groups is 1. The van der Waals surface area contributed by atoms with Gasteiger partial charge in [-0.05, 0) is 25.5 Å². The van der Waals surface area contributed by atoms with Crippen molar-refractivity contribution in [3.05, 3.63) is 34.9 Å². The van der Waals surface area contributed by atoms with E-state index in [-0.39, 0.29) is 12.5 Å². The first-order valence-electron chi connectivity index (χ1n) is 5.20. The summed E-state index contributed by atoms with van der Waals surface area (Å²) in [6.45, 7) is 3.60. The topological polar surface area (TPSA) is 49.3 Å². The van der Waals surface area contributed by atoms with Gasteiger partial charge in [-0.25, -0.2) is 0 Å². The monoisotopic (exact) mass is 241 g/mol. The van der Waals surface area contributed by atoms with E-state index in [1.54, 1.807) is 31.2 Å². The molecule has 1 amide bonds. The van der Waals surface area contributed by atoms with Crippen LogP contribution in [0.5, 0.6) is 0 Å². The molecule has 1 atom stereocenters. The Kier molecular flexibility index (Phi) is 4.33. The van der Waals surface area contributed by atoms with Gasteiger partial charge in [-0.2, -0.15) is 0 Å². The molecule has 0 saturated carbocycles. The number of aliphatic hydroxyl groups excluding tert-OH is 1. The molecule has 1 aromatic rings. The van der Waals surface area contributed by atoms with Crippen LogP contribution in [0.4, 0.5) is 0 Å². The number of hydrogen-bond donors (Lipinski definition) is 2. The fourth-order valence-corrected chi connectivity index (χ4v) is 1.45. The Morgan fingerprint density at radius 1 is 1.50 bits per heavy atom. The first kappa shape index (κ1) is 13.0. The fourth-order valence-electron chi connectivity index (χ4n) is 1.23. The highest BCUT2D eigenvalue weighted by Gasteiger charge is 2.24. The van der Waals surface area contributed by atoms with Gasteiger partial charge in [0.05, 0.1) is 22.7 Å². The highest BCUT2D eigenvalue weighted by molar-refractivity contribution is 6.33. The number of halogens is 1. The van der Waals surface area contributed by atoms with Crippen molar-refractivity contribution in [2.75, 3.05) is 6.61 Å². The molecule has 0 heterocycles. The molecule has 88 valence electrons. The second-order valence-electron chi connectivity index (χ2n) is 4.01. The van der Waals surface area contributed by atoms with Crippen LogP contribution in [0.2, 0.25) is 5.02 Å². The third kappa shape index (κ3) is 2.97. The van der Waals surface area contributed by atoms with Gasteiger partial charge < -0.3 is 10.4 Å². The molecule has 4 heteroatoms. The highest BCUT2D eigenvalue weighted by Crippen LogP contribution is 2.16. The number of hydrogen-bond acceptors (Lipinski definition) is 2. The molecular weight excluding hydrogens is 226 g/mol. The van der Waals surface area contributed by atoms with Crippen LogP contribution >= 0.6 is 11.6 Å². The molecule has 0 aliphatic carbocycles. The Hall–Kier alpha value is -1.06. The number of nitrogens with one attached hydrogen (secondary N) is 1. The van der Waals surface area contributed by atoms with Crippen LogP contribution in [0.3, 0.4) is 0 Å². The molecule has 0 saturated heterocycles. The average Bonchev–Trinajstić information content (AvgIpc) is 2.29. The standard InChI is InChI=1S/C12H16ClNO2/c1-3-12(2,8-15)14-11(16)9-6-4-5-7-10(9)13/h4-7,15H,3,8H2,1-2H3,(H,14,16). The summed E-state index contributed by atoms with van der Waals surface area (Å²) < 4.78 is 0. The van der Waals surface area contributed by atoms with Crippen LogP contribution in [0.1, 0.15) is 30.6 Å². The van der Waals surface area contributed by atoms with E-state index in [0.29, 0.717) is 17.0 Å². The van der Waals surface area contributed by atoms with Gasteiger partial charge in [0.2, 0.25) is 0 Å². The summed E-state index contributed by atoms with van der Waals surface area (Å²) in [5.74, 6) is -0.260. The quantitative estimate of drug-likeness (QED) is 0.849. The summed E-state index contributed by atoms with van der Waals surface area (Å²) >= 11 is 5.91. The smallest absolute Gasteiger partial charge is 0.253 e. The van der Waals surface area contributed by atoms with Gasteiger partial charge in [0.25, 0.3) is 5.91 Å². The molecule has 2 N–H and O–H groups in total. The zero-order chi connectivity index (χ0) is 12.2. The molecule has 3 nitrogen and oxygen atoms in total. The molecule has 16 heavy (non-hydrogen) atoms. The van der Waals surface area contributed by atoms with Crippen LogP contribution in [-0.2, 0) is 0 Å². The lowest BCUT2D eigenvalue weighted by Crippen LogP contribution is -2.48. The van der Waals surface area contributed by atoms with E-state index in [2.05, 4.69) is 5.32 Å². The molecule has 0 aromatic heterocycles. The minimum Gasteiger partial charge on any atom is -0.394 e. The number of benzene rings is 1. The van der Waals surface area contributed by atoms with E-state index in [4.69, 9.17) is 11.6 Å². The number of aliphatic hydroxyl groups is 1. The third-order valence-corrected chi connectivity index (χ3v) is 2.99. The number of carbonyl (C=O) groups excluding carboxylic acids is 1. The second kappa shape index (κ2) is 5.32. The summed E-state index contributed by atoms with van der Waals surface area (Å²) in [7, 11) is 0. The minimum atomic E-state index is -0.601. The van der Waals surface area contributed by atoms with Crippen molar-refractivity contribution in [2.24, 2.45) is 0 Å². The Morgan fingerprint density at radius 3 is 2.62 bits per heavy atom. The normalized spacial score (nSPS) is 14.2. The zero-order valence-electron chi connectivity index (χ0n) is 9.46. The zero-order valence-corrected chi connectivity index (χ0v) is 10.2. The summed E-state index contributed by atoms with van der Waals surface area (Å²) in [6.07, 6.45) is 0.652.